The van der Waals surface area contributed by atoms with Crippen molar-refractivity contribution in [2.75, 3.05) is 19.0 Å². The average Bonchev–Trinajstić information content (AvgIpc) is 2.79. The van der Waals surface area contributed by atoms with Crippen molar-refractivity contribution in [1.29, 1.82) is 0 Å². The van der Waals surface area contributed by atoms with E-state index in [9.17, 15) is 9.59 Å². The number of rotatable bonds is 4. The van der Waals surface area contributed by atoms with Gasteiger partial charge in [-0.05, 0) is 55.7 Å². The molecule has 31 heavy (non-hydrogen) atoms. The van der Waals surface area contributed by atoms with E-state index in [4.69, 9.17) is 9.47 Å². The Hall–Kier alpha value is -3.02. The second-order valence-electron chi connectivity index (χ2n) is 8.64. The van der Waals surface area contributed by atoms with Crippen molar-refractivity contribution in [2.45, 2.75) is 44.2 Å². The van der Waals surface area contributed by atoms with E-state index in [0.29, 0.717) is 18.0 Å². The van der Waals surface area contributed by atoms with Crippen molar-refractivity contribution in [3.63, 3.8) is 0 Å². The number of amides is 2. The highest BCUT2D eigenvalue weighted by atomic mass is 16.5. The van der Waals surface area contributed by atoms with Crippen LogP contribution in [-0.4, -0.2) is 36.1 Å². The zero-order chi connectivity index (χ0) is 21.6. The Balaban J connectivity index is 1.57. The molecule has 2 aromatic rings. The summed E-state index contributed by atoms with van der Waals surface area (Å²) < 4.78 is 11.8. The Morgan fingerprint density at radius 3 is 2.71 bits per heavy atom. The summed E-state index contributed by atoms with van der Waals surface area (Å²) in [4.78, 5) is 29.1. The molecule has 4 atom stereocenters. The zero-order valence-electron chi connectivity index (χ0n) is 18.0. The number of fused-ring (bicyclic) bond motifs is 2. The van der Waals surface area contributed by atoms with E-state index in [1.807, 2.05) is 36.1 Å². The summed E-state index contributed by atoms with van der Waals surface area (Å²) in [6.07, 6.45) is 3.88. The molecule has 6 nitrogen and oxygen atoms in total. The molecule has 0 aromatic heterocycles. The average molecular weight is 421 g/mol. The van der Waals surface area contributed by atoms with Crippen LogP contribution < -0.4 is 14.8 Å². The molecule has 2 heterocycles. The summed E-state index contributed by atoms with van der Waals surface area (Å²) in [5.41, 5.74) is 0.992. The third kappa shape index (κ3) is 2.99. The van der Waals surface area contributed by atoms with Gasteiger partial charge in [-0.1, -0.05) is 24.6 Å². The fourth-order valence-corrected chi connectivity index (χ4v) is 5.90. The van der Waals surface area contributed by atoms with Crippen LogP contribution in [0.4, 0.5) is 5.69 Å². The topological polar surface area (TPSA) is 67.9 Å². The number of likely N-dealkylation sites (tertiary alicyclic amines) is 1. The second kappa shape index (κ2) is 7.59. The van der Waals surface area contributed by atoms with Crippen LogP contribution in [0.1, 0.15) is 44.1 Å². The first-order valence-electron chi connectivity index (χ1n) is 11.1. The highest BCUT2D eigenvalue weighted by Gasteiger charge is 2.64. The predicted octanol–water partition coefficient (Wildman–Crippen LogP) is 4.17. The molecule has 162 valence electrons. The molecule has 1 aliphatic carbocycles. The van der Waals surface area contributed by atoms with Crippen LogP contribution in [0.5, 0.6) is 11.5 Å². The van der Waals surface area contributed by atoms with Crippen LogP contribution in [0.25, 0.3) is 0 Å². The van der Waals surface area contributed by atoms with Gasteiger partial charge in [-0.25, -0.2) is 0 Å². The number of hydrogen-bond acceptors (Lipinski definition) is 4. The van der Waals surface area contributed by atoms with Gasteiger partial charge in [0.05, 0.1) is 7.11 Å². The standard InChI is InChI=1S/C25H28N2O4/c1-3-27-24(29)22(23(28)26-16-11-13-17(30-2)14-12-16)21-18-8-4-5-10-20(18)31-25(27)15-7-6-9-19(21)25/h4-5,8,10-14,19,21-22H,3,6-7,9,15H2,1-2H3,(H,26,28). The molecule has 2 aromatic carbocycles. The molecule has 1 N–H and O–H groups in total. The van der Waals surface area contributed by atoms with E-state index in [1.165, 1.54) is 0 Å². The number of nitrogens with zero attached hydrogens (tertiary/aromatic N) is 1. The lowest BCUT2D eigenvalue weighted by atomic mass is 9.61. The highest BCUT2D eigenvalue weighted by molar-refractivity contribution is 6.08. The monoisotopic (exact) mass is 420 g/mol. The number of carbonyl (C=O) groups is 2. The van der Waals surface area contributed by atoms with Gasteiger partial charge >= 0.3 is 0 Å². The third-order valence-electron chi connectivity index (χ3n) is 7.18. The van der Waals surface area contributed by atoms with Crippen LogP contribution in [0.2, 0.25) is 0 Å². The Morgan fingerprint density at radius 1 is 1.19 bits per heavy atom. The summed E-state index contributed by atoms with van der Waals surface area (Å²) in [6, 6.07) is 15.1. The minimum absolute atomic E-state index is 0.111. The van der Waals surface area contributed by atoms with Gasteiger partial charge < -0.3 is 19.7 Å². The molecule has 1 saturated carbocycles. The minimum atomic E-state index is -0.775. The smallest absolute Gasteiger partial charge is 0.238 e. The molecule has 0 spiro atoms. The zero-order valence-corrected chi connectivity index (χ0v) is 18.0. The Bertz CT molecular complexity index is 1000. The van der Waals surface area contributed by atoms with Crippen molar-refractivity contribution in [2.24, 2.45) is 11.8 Å². The van der Waals surface area contributed by atoms with Crippen molar-refractivity contribution in [3.8, 4) is 11.5 Å². The van der Waals surface area contributed by atoms with E-state index in [-0.39, 0.29) is 23.7 Å². The van der Waals surface area contributed by atoms with Crippen molar-refractivity contribution < 1.29 is 19.1 Å². The highest BCUT2D eigenvalue weighted by Crippen LogP contribution is 2.58. The molecule has 1 saturated heterocycles. The third-order valence-corrected chi connectivity index (χ3v) is 7.18. The normalized spacial score (nSPS) is 28.8. The summed E-state index contributed by atoms with van der Waals surface area (Å²) in [5, 5.41) is 2.98. The van der Waals surface area contributed by atoms with E-state index in [1.54, 1.807) is 31.4 Å². The molecule has 6 heteroatoms. The van der Waals surface area contributed by atoms with E-state index >= 15 is 0 Å². The summed E-state index contributed by atoms with van der Waals surface area (Å²) in [6.45, 7) is 2.50. The van der Waals surface area contributed by atoms with E-state index in [0.717, 1.165) is 37.0 Å². The lowest BCUT2D eigenvalue weighted by molar-refractivity contribution is -0.206. The van der Waals surface area contributed by atoms with Gasteiger partial charge in [-0.2, -0.15) is 0 Å². The van der Waals surface area contributed by atoms with Gasteiger partial charge in [0.15, 0.2) is 5.72 Å². The molecular weight excluding hydrogens is 392 g/mol. The number of para-hydroxylation sites is 1. The Kier molecular flexibility index (Phi) is 4.88. The fourth-order valence-electron chi connectivity index (χ4n) is 5.90. The van der Waals surface area contributed by atoms with Crippen LogP contribution in [0.3, 0.4) is 0 Å². The number of hydrogen-bond donors (Lipinski definition) is 1. The van der Waals surface area contributed by atoms with Gasteiger partial charge in [0.25, 0.3) is 0 Å². The van der Waals surface area contributed by atoms with E-state index in [2.05, 4.69) is 5.32 Å². The molecule has 2 amide bonds. The maximum absolute atomic E-state index is 13.7. The molecule has 5 rings (SSSR count). The number of piperidine rings is 1. The van der Waals surface area contributed by atoms with Crippen molar-refractivity contribution >= 4 is 17.5 Å². The van der Waals surface area contributed by atoms with Crippen LogP contribution in [0.15, 0.2) is 48.5 Å². The van der Waals surface area contributed by atoms with E-state index < -0.39 is 11.6 Å². The van der Waals surface area contributed by atoms with Crippen molar-refractivity contribution in [3.05, 3.63) is 54.1 Å². The van der Waals surface area contributed by atoms with Crippen molar-refractivity contribution in [1.82, 2.24) is 4.90 Å². The lowest BCUT2D eigenvalue weighted by Gasteiger charge is -2.60. The molecule has 2 bridgehead atoms. The van der Waals surface area contributed by atoms with Gasteiger partial charge in [-0.15, -0.1) is 0 Å². The number of benzene rings is 2. The molecule has 2 fully saturated rings. The van der Waals surface area contributed by atoms with Gasteiger partial charge in [0.2, 0.25) is 11.8 Å². The first-order valence-corrected chi connectivity index (χ1v) is 11.1. The van der Waals surface area contributed by atoms with Crippen LogP contribution in [-0.2, 0) is 9.59 Å². The fraction of sp³-hybridized carbons (Fsp3) is 0.440. The molecule has 2 aliphatic heterocycles. The molecule has 3 aliphatic rings. The number of methoxy groups -OCH3 is 1. The molecular formula is C25H28N2O4. The lowest BCUT2D eigenvalue weighted by Crippen LogP contribution is -2.71. The number of ether oxygens (including phenoxy) is 2. The summed E-state index contributed by atoms with van der Waals surface area (Å²) in [5.74, 6) is 0.288. The maximum Gasteiger partial charge on any atom is 0.238 e. The van der Waals surface area contributed by atoms with Gasteiger partial charge in [-0.3, -0.25) is 9.59 Å². The SMILES string of the molecule is CCN1C(=O)C(C(=O)Nc2ccc(OC)cc2)C2c3ccccc3OC13CCCCC23. The first-order chi connectivity index (χ1) is 15.1. The van der Waals surface area contributed by atoms with Gasteiger partial charge in [0.1, 0.15) is 17.4 Å². The first kappa shape index (κ1) is 19.9. The number of anilines is 1. The summed E-state index contributed by atoms with van der Waals surface area (Å²) >= 11 is 0. The second-order valence-corrected chi connectivity index (χ2v) is 8.64. The summed E-state index contributed by atoms with van der Waals surface area (Å²) in [7, 11) is 1.60. The number of nitrogens with one attached hydrogen (secondary N) is 1. The molecule has 4 unspecified atom stereocenters. The minimum Gasteiger partial charge on any atom is -0.497 e. The number of carbonyl (C=O) groups excluding carboxylic acids is 2. The largest absolute Gasteiger partial charge is 0.497 e. The van der Waals surface area contributed by atoms with Crippen LogP contribution >= 0.6 is 0 Å². The Labute approximate surface area is 182 Å². The van der Waals surface area contributed by atoms with Gasteiger partial charge in [0, 0.05) is 30.5 Å². The maximum atomic E-state index is 13.7. The predicted molar refractivity (Wildman–Crippen MR) is 117 cm³/mol. The quantitative estimate of drug-likeness (QED) is 0.754. The Morgan fingerprint density at radius 2 is 1.97 bits per heavy atom. The molecule has 0 radical (unpaired) electrons. The van der Waals surface area contributed by atoms with Crippen LogP contribution in [0, 0.1) is 11.8 Å².